The Labute approximate surface area is 131 Å². The molecule has 3 rings (SSSR count). The summed E-state index contributed by atoms with van der Waals surface area (Å²) in [6, 6.07) is 0. The second-order valence-corrected chi connectivity index (χ2v) is 6.17. The molecule has 0 saturated carbocycles. The Bertz CT molecular complexity index is 621. The smallest absolute Gasteiger partial charge is 0.369 e. The molecule has 126 valence electrons. The molecule has 2 aliphatic rings. The van der Waals surface area contributed by atoms with Crippen molar-refractivity contribution in [3.8, 4) is 0 Å². The van der Waals surface area contributed by atoms with E-state index in [1.807, 2.05) is 7.05 Å². The zero-order valence-corrected chi connectivity index (χ0v) is 12.7. The van der Waals surface area contributed by atoms with Gasteiger partial charge in [0, 0.05) is 38.2 Å². The number of alkyl halides is 3. The number of anilines is 1. The minimum atomic E-state index is -4.46. The van der Waals surface area contributed by atoms with Crippen molar-refractivity contribution in [3.05, 3.63) is 17.6 Å². The molecule has 1 saturated heterocycles. The van der Waals surface area contributed by atoms with E-state index in [-0.39, 0.29) is 13.1 Å². The minimum Gasteiger partial charge on any atom is -0.369 e. The highest BCUT2D eigenvalue weighted by atomic mass is 19.4. The fourth-order valence-corrected chi connectivity index (χ4v) is 3.33. The predicted octanol–water partition coefficient (Wildman–Crippen LogP) is 0.564. The zero-order valence-electron chi connectivity index (χ0n) is 12.7. The van der Waals surface area contributed by atoms with Crippen LogP contribution in [0.25, 0.3) is 0 Å². The molecule has 6 nitrogen and oxygen atoms in total. The maximum Gasteiger partial charge on any atom is 0.394 e. The molecule has 23 heavy (non-hydrogen) atoms. The van der Waals surface area contributed by atoms with Gasteiger partial charge in [-0.25, -0.2) is 9.97 Å². The Morgan fingerprint density at radius 2 is 2.09 bits per heavy atom. The lowest BCUT2D eigenvalue weighted by molar-refractivity contribution is -0.181. The topological polar surface area (TPSA) is 75.3 Å². The number of nitrogens with two attached hydrogens (primary N) is 1. The molecule has 9 heteroatoms. The lowest BCUT2D eigenvalue weighted by Crippen LogP contribution is -2.37. The minimum absolute atomic E-state index is 0.0628. The number of carbonyl (C=O) groups excluding carboxylic acids is 1. The molecule has 2 aliphatic heterocycles. The number of nitrogens with zero attached hydrogens (tertiary/aromatic N) is 4. The number of fused-ring (bicyclic) bond motifs is 1. The van der Waals surface area contributed by atoms with Crippen LogP contribution in [-0.4, -0.2) is 53.6 Å². The molecular weight excluding hydrogens is 311 g/mol. The number of hydrogen-bond acceptors (Lipinski definition) is 5. The van der Waals surface area contributed by atoms with Crippen molar-refractivity contribution < 1.29 is 18.0 Å². The van der Waals surface area contributed by atoms with Crippen LogP contribution in [0.2, 0.25) is 0 Å². The number of rotatable bonds is 2. The molecule has 0 spiro atoms. The number of halogens is 3. The highest BCUT2D eigenvalue weighted by Gasteiger charge is 2.52. The van der Waals surface area contributed by atoms with Gasteiger partial charge in [0.15, 0.2) is 0 Å². The maximum atomic E-state index is 13.2. The Balaban J connectivity index is 1.93. The van der Waals surface area contributed by atoms with Gasteiger partial charge in [-0.15, -0.1) is 0 Å². The van der Waals surface area contributed by atoms with Crippen molar-refractivity contribution >= 4 is 11.7 Å². The highest BCUT2D eigenvalue weighted by Crippen LogP contribution is 2.40. The zero-order chi connectivity index (χ0) is 16.8. The van der Waals surface area contributed by atoms with Crippen LogP contribution in [0.3, 0.4) is 0 Å². The van der Waals surface area contributed by atoms with Crippen LogP contribution in [-0.2, 0) is 17.8 Å². The molecule has 1 fully saturated rings. The van der Waals surface area contributed by atoms with E-state index < -0.39 is 23.9 Å². The predicted molar refractivity (Wildman–Crippen MR) is 76.5 cm³/mol. The number of aromatic nitrogens is 2. The Morgan fingerprint density at radius 3 is 2.70 bits per heavy atom. The van der Waals surface area contributed by atoms with E-state index in [1.54, 1.807) is 0 Å². The van der Waals surface area contributed by atoms with Crippen molar-refractivity contribution in [2.45, 2.75) is 19.1 Å². The first-order chi connectivity index (χ1) is 10.8. The van der Waals surface area contributed by atoms with Crippen molar-refractivity contribution in [2.75, 3.05) is 31.6 Å². The summed E-state index contributed by atoms with van der Waals surface area (Å²) in [5, 5.41) is 0. The standard InChI is InChI=1S/C14H18F3N5O/c1-21-3-2-11-9(4-21)13(20-7-19-11)22-5-8(12(18)23)10(6-22)14(15,16)17/h7-8,10H,2-6H2,1H3,(H2,18,23)/t8-,10-/m1/s1. The van der Waals surface area contributed by atoms with Gasteiger partial charge in [0.1, 0.15) is 12.1 Å². The van der Waals surface area contributed by atoms with E-state index in [4.69, 9.17) is 5.73 Å². The molecule has 1 aromatic heterocycles. The summed E-state index contributed by atoms with van der Waals surface area (Å²) < 4.78 is 39.6. The van der Waals surface area contributed by atoms with Gasteiger partial charge >= 0.3 is 6.18 Å². The van der Waals surface area contributed by atoms with Crippen molar-refractivity contribution in [1.82, 2.24) is 14.9 Å². The Morgan fingerprint density at radius 1 is 1.35 bits per heavy atom. The van der Waals surface area contributed by atoms with E-state index >= 15 is 0 Å². The molecule has 0 unspecified atom stereocenters. The van der Waals surface area contributed by atoms with E-state index in [2.05, 4.69) is 14.9 Å². The largest absolute Gasteiger partial charge is 0.394 e. The van der Waals surface area contributed by atoms with Crippen molar-refractivity contribution in [3.63, 3.8) is 0 Å². The fourth-order valence-electron chi connectivity index (χ4n) is 3.33. The lowest BCUT2D eigenvalue weighted by atomic mass is 9.95. The summed E-state index contributed by atoms with van der Waals surface area (Å²) in [4.78, 5) is 23.4. The van der Waals surface area contributed by atoms with E-state index in [9.17, 15) is 18.0 Å². The van der Waals surface area contributed by atoms with Crippen molar-refractivity contribution in [2.24, 2.45) is 17.6 Å². The normalized spacial score (nSPS) is 25.5. The second kappa shape index (κ2) is 5.63. The molecule has 0 bridgehead atoms. The van der Waals surface area contributed by atoms with E-state index in [0.717, 1.165) is 24.2 Å². The van der Waals surface area contributed by atoms with Crippen LogP contribution >= 0.6 is 0 Å². The summed E-state index contributed by atoms with van der Waals surface area (Å²) in [6.45, 7) is 1.06. The van der Waals surface area contributed by atoms with Crippen molar-refractivity contribution in [1.29, 1.82) is 0 Å². The maximum absolute atomic E-state index is 13.2. The summed E-state index contributed by atoms with van der Waals surface area (Å²) in [6.07, 6.45) is -2.35. The molecule has 2 atom stereocenters. The monoisotopic (exact) mass is 329 g/mol. The summed E-state index contributed by atoms with van der Waals surface area (Å²) in [5.74, 6) is -3.44. The van der Waals surface area contributed by atoms with Gasteiger partial charge in [-0.2, -0.15) is 13.2 Å². The second-order valence-electron chi connectivity index (χ2n) is 6.17. The van der Waals surface area contributed by atoms with E-state index in [0.29, 0.717) is 12.4 Å². The van der Waals surface area contributed by atoms with Gasteiger partial charge in [0.2, 0.25) is 5.91 Å². The van der Waals surface area contributed by atoms with Gasteiger partial charge < -0.3 is 15.5 Å². The molecule has 0 aromatic carbocycles. The van der Waals surface area contributed by atoms with Crippen LogP contribution in [0.5, 0.6) is 0 Å². The van der Waals surface area contributed by atoms with Crippen LogP contribution in [0.4, 0.5) is 19.0 Å². The van der Waals surface area contributed by atoms with Gasteiger partial charge in [0.25, 0.3) is 0 Å². The van der Waals surface area contributed by atoms with Gasteiger partial charge in [-0.05, 0) is 7.05 Å². The third-order valence-electron chi connectivity index (χ3n) is 4.58. The summed E-state index contributed by atoms with van der Waals surface area (Å²) >= 11 is 0. The van der Waals surface area contributed by atoms with E-state index in [1.165, 1.54) is 11.2 Å². The first-order valence-electron chi connectivity index (χ1n) is 7.39. The first kappa shape index (κ1) is 16.0. The average molecular weight is 329 g/mol. The van der Waals surface area contributed by atoms with Crippen LogP contribution in [0, 0.1) is 11.8 Å². The van der Waals surface area contributed by atoms with Crippen LogP contribution in [0.1, 0.15) is 11.3 Å². The quantitative estimate of drug-likeness (QED) is 0.858. The number of hydrogen-bond donors (Lipinski definition) is 1. The number of primary amides is 1. The first-order valence-corrected chi connectivity index (χ1v) is 7.39. The van der Waals surface area contributed by atoms with Gasteiger partial charge in [0.05, 0.1) is 17.5 Å². The van der Waals surface area contributed by atoms with Crippen LogP contribution < -0.4 is 10.6 Å². The third kappa shape index (κ3) is 2.97. The SMILES string of the molecule is CN1CCc2ncnc(N3C[C@@H](C(F)(F)F)[C@H](C(N)=O)C3)c2C1. The molecule has 0 radical (unpaired) electrons. The Kier molecular flexibility index (Phi) is 3.91. The number of likely N-dealkylation sites (N-methyl/N-ethyl adjacent to an activating group) is 1. The molecule has 0 aliphatic carbocycles. The molecule has 3 heterocycles. The Hall–Kier alpha value is -1.90. The van der Waals surface area contributed by atoms with Gasteiger partial charge in [-0.3, -0.25) is 4.79 Å². The molecule has 1 amide bonds. The molecule has 2 N–H and O–H groups in total. The summed E-state index contributed by atoms with van der Waals surface area (Å²) in [5.41, 5.74) is 6.88. The van der Waals surface area contributed by atoms with Crippen LogP contribution in [0.15, 0.2) is 6.33 Å². The average Bonchev–Trinajstić information content (AvgIpc) is 2.92. The number of carbonyl (C=O) groups is 1. The fraction of sp³-hybridized carbons (Fsp3) is 0.643. The highest BCUT2D eigenvalue weighted by molar-refractivity contribution is 5.79. The molecular formula is C14H18F3N5O. The third-order valence-corrected chi connectivity index (χ3v) is 4.58. The number of amides is 1. The van der Waals surface area contributed by atoms with Gasteiger partial charge in [-0.1, -0.05) is 0 Å². The molecule has 1 aromatic rings. The summed E-state index contributed by atoms with van der Waals surface area (Å²) in [7, 11) is 1.94. The lowest BCUT2D eigenvalue weighted by Gasteiger charge is -2.28.